The molecular weight excluding hydrogens is 398 g/mol. The predicted octanol–water partition coefficient (Wildman–Crippen LogP) is 3.29. The third-order valence-corrected chi connectivity index (χ3v) is 7.09. The summed E-state index contributed by atoms with van der Waals surface area (Å²) in [6.07, 6.45) is 10.2. The molecule has 32 heavy (non-hydrogen) atoms. The molecule has 7 heteroatoms. The van der Waals surface area contributed by atoms with Crippen LogP contribution in [-0.2, 0) is 6.42 Å². The summed E-state index contributed by atoms with van der Waals surface area (Å²) in [5.74, 6) is 3.41. The maximum Gasteiger partial charge on any atom is 0.193 e. The molecule has 2 aliphatic heterocycles. The maximum atomic E-state index is 4.51. The van der Waals surface area contributed by atoms with Gasteiger partial charge >= 0.3 is 0 Å². The van der Waals surface area contributed by atoms with Crippen molar-refractivity contribution in [1.29, 1.82) is 0 Å². The first-order chi connectivity index (χ1) is 15.8. The molecule has 0 saturated carbocycles. The number of rotatable bonds is 8. The van der Waals surface area contributed by atoms with Gasteiger partial charge in [-0.2, -0.15) is 5.10 Å². The fourth-order valence-electron chi connectivity index (χ4n) is 5.13. The molecule has 0 unspecified atom stereocenters. The summed E-state index contributed by atoms with van der Waals surface area (Å²) in [4.78, 5) is 13.9. The molecule has 2 aromatic rings. The van der Waals surface area contributed by atoms with Crippen molar-refractivity contribution in [3.8, 4) is 0 Å². The average Bonchev–Trinajstić information content (AvgIpc) is 3.38. The van der Waals surface area contributed by atoms with Crippen LogP contribution in [0.25, 0.3) is 0 Å². The van der Waals surface area contributed by atoms with E-state index in [9.17, 15) is 0 Å². The molecule has 7 nitrogen and oxygen atoms in total. The Labute approximate surface area is 192 Å². The summed E-state index contributed by atoms with van der Waals surface area (Å²) in [6, 6.07) is 11.0. The van der Waals surface area contributed by atoms with Crippen molar-refractivity contribution in [2.75, 3.05) is 46.3 Å². The van der Waals surface area contributed by atoms with Crippen LogP contribution >= 0.6 is 0 Å². The van der Waals surface area contributed by atoms with Crippen molar-refractivity contribution in [2.24, 2.45) is 10.9 Å². The second kappa shape index (κ2) is 12.0. The van der Waals surface area contributed by atoms with E-state index in [0.717, 1.165) is 50.2 Å². The van der Waals surface area contributed by atoms with Gasteiger partial charge in [-0.1, -0.05) is 30.3 Å². The summed E-state index contributed by atoms with van der Waals surface area (Å²) >= 11 is 0. The van der Waals surface area contributed by atoms with Gasteiger partial charge < -0.3 is 15.1 Å². The van der Waals surface area contributed by atoms with Crippen LogP contribution in [0, 0.1) is 5.92 Å². The number of hydrogen-bond donors (Lipinski definition) is 2. The largest absolute Gasteiger partial charge is 0.356 e. The van der Waals surface area contributed by atoms with Crippen molar-refractivity contribution in [1.82, 2.24) is 30.3 Å². The number of likely N-dealkylation sites (tertiary alicyclic amines) is 2. The van der Waals surface area contributed by atoms with Gasteiger partial charge in [-0.05, 0) is 76.1 Å². The van der Waals surface area contributed by atoms with Crippen molar-refractivity contribution in [3.63, 3.8) is 0 Å². The Morgan fingerprint density at radius 3 is 2.53 bits per heavy atom. The number of aliphatic imine (C=N–C) groups is 1. The summed E-state index contributed by atoms with van der Waals surface area (Å²) < 4.78 is 0. The fourth-order valence-corrected chi connectivity index (χ4v) is 5.13. The molecule has 0 atom stereocenters. The molecule has 0 spiro atoms. The molecule has 2 N–H and O–H groups in total. The quantitative estimate of drug-likeness (QED) is 0.377. The zero-order valence-corrected chi connectivity index (χ0v) is 19.5. The van der Waals surface area contributed by atoms with E-state index in [4.69, 9.17) is 0 Å². The van der Waals surface area contributed by atoms with Crippen LogP contribution in [0.5, 0.6) is 0 Å². The molecule has 1 aromatic heterocycles. The van der Waals surface area contributed by atoms with Crippen molar-refractivity contribution >= 4 is 5.96 Å². The zero-order valence-electron chi connectivity index (χ0n) is 19.5. The monoisotopic (exact) mass is 437 g/mol. The van der Waals surface area contributed by atoms with E-state index in [1.165, 1.54) is 57.3 Å². The van der Waals surface area contributed by atoms with Crippen molar-refractivity contribution in [3.05, 3.63) is 48.0 Å². The van der Waals surface area contributed by atoms with Crippen LogP contribution in [-0.4, -0.2) is 77.3 Å². The van der Waals surface area contributed by atoms with E-state index in [1.54, 1.807) is 6.33 Å². The van der Waals surface area contributed by atoms with Crippen LogP contribution < -0.4 is 5.32 Å². The maximum absolute atomic E-state index is 4.51. The lowest BCUT2D eigenvalue weighted by Crippen LogP contribution is -2.45. The molecule has 1 aromatic carbocycles. The van der Waals surface area contributed by atoms with E-state index in [2.05, 4.69) is 65.6 Å². The molecule has 0 amide bonds. The minimum absolute atomic E-state index is 0.490. The van der Waals surface area contributed by atoms with Gasteiger partial charge in [0.1, 0.15) is 12.2 Å². The topological polar surface area (TPSA) is 72.4 Å². The Kier molecular flexibility index (Phi) is 8.54. The normalized spacial score (nSPS) is 19.4. The first-order valence-corrected chi connectivity index (χ1v) is 12.4. The number of piperidine rings is 2. The van der Waals surface area contributed by atoms with E-state index >= 15 is 0 Å². The molecule has 0 aliphatic carbocycles. The summed E-state index contributed by atoms with van der Waals surface area (Å²) in [5.41, 5.74) is 1.49. The molecular formula is C25H39N7. The van der Waals surface area contributed by atoms with Crippen molar-refractivity contribution in [2.45, 2.75) is 50.9 Å². The van der Waals surface area contributed by atoms with Gasteiger partial charge in [-0.15, -0.1) is 0 Å². The lowest BCUT2D eigenvalue weighted by molar-refractivity contribution is 0.181. The van der Waals surface area contributed by atoms with Gasteiger partial charge in [0, 0.05) is 32.6 Å². The van der Waals surface area contributed by atoms with Crippen LogP contribution in [0.4, 0.5) is 0 Å². The number of unbranched alkanes of at least 4 members (excludes halogenated alkanes) is 1. The van der Waals surface area contributed by atoms with E-state index < -0.39 is 0 Å². The number of nitrogens with zero attached hydrogens (tertiary/aromatic N) is 5. The Bertz CT molecular complexity index is 789. The second-order valence-corrected chi connectivity index (χ2v) is 9.29. The standard InChI is InChI=1S/C25H39N7/c1-26-25(32-17-11-23(12-18-32)24-28-20-29-30-24)27-13-5-6-14-31-15-9-22(10-16-31)19-21-7-3-2-4-8-21/h2-4,7-8,20,22-23H,5-6,9-19H2,1H3,(H,26,27)(H,28,29,30). The highest BCUT2D eigenvalue weighted by molar-refractivity contribution is 5.79. The lowest BCUT2D eigenvalue weighted by Gasteiger charge is -2.33. The van der Waals surface area contributed by atoms with Gasteiger partial charge in [-0.3, -0.25) is 10.1 Å². The minimum atomic E-state index is 0.490. The molecule has 174 valence electrons. The Hall–Kier alpha value is -2.41. The number of H-pyrrole nitrogens is 1. The summed E-state index contributed by atoms with van der Waals surface area (Å²) in [6.45, 7) is 6.77. The minimum Gasteiger partial charge on any atom is -0.356 e. The molecule has 4 rings (SSSR count). The highest BCUT2D eigenvalue weighted by Crippen LogP contribution is 2.25. The van der Waals surface area contributed by atoms with E-state index in [-0.39, 0.29) is 0 Å². The van der Waals surface area contributed by atoms with Gasteiger partial charge in [-0.25, -0.2) is 4.98 Å². The molecule has 2 aliphatic rings. The van der Waals surface area contributed by atoms with Crippen LogP contribution in [0.2, 0.25) is 0 Å². The Morgan fingerprint density at radius 1 is 1.06 bits per heavy atom. The number of benzene rings is 1. The fraction of sp³-hybridized carbons (Fsp3) is 0.640. The van der Waals surface area contributed by atoms with Gasteiger partial charge in [0.15, 0.2) is 5.96 Å². The number of aromatic nitrogens is 3. The third-order valence-electron chi connectivity index (χ3n) is 7.09. The molecule has 3 heterocycles. The van der Waals surface area contributed by atoms with Crippen molar-refractivity contribution < 1.29 is 0 Å². The highest BCUT2D eigenvalue weighted by Gasteiger charge is 2.24. The van der Waals surface area contributed by atoms with Gasteiger partial charge in [0.05, 0.1) is 0 Å². The third kappa shape index (κ3) is 6.55. The highest BCUT2D eigenvalue weighted by atomic mass is 15.3. The Balaban J connectivity index is 1.07. The number of guanidine groups is 1. The summed E-state index contributed by atoms with van der Waals surface area (Å²) in [7, 11) is 1.89. The smallest absolute Gasteiger partial charge is 0.193 e. The first-order valence-electron chi connectivity index (χ1n) is 12.4. The van der Waals surface area contributed by atoms with Crippen LogP contribution in [0.15, 0.2) is 41.7 Å². The molecule has 0 bridgehead atoms. The lowest BCUT2D eigenvalue weighted by atomic mass is 9.90. The Morgan fingerprint density at radius 2 is 1.84 bits per heavy atom. The zero-order chi connectivity index (χ0) is 22.0. The summed E-state index contributed by atoms with van der Waals surface area (Å²) in [5, 5.41) is 10.6. The average molecular weight is 438 g/mol. The number of hydrogen-bond acceptors (Lipinski definition) is 4. The van der Waals surface area contributed by atoms with Crippen LogP contribution in [0.3, 0.4) is 0 Å². The van der Waals surface area contributed by atoms with Crippen LogP contribution in [0.1, 0.15) is 55.8 Å². The first kappa shape index (κ1) is 22.8. The van der Waals surface area contributed by atoms with E-state index in [1.807, 2.05) is 7.05 Å². The molecule has 2 saturated heterocycles. The molecule has 0 radical (unpaired) electrons. The number of nitrogens with one attached hydrogen (secondary N) is 2. The van der Waals surface area contributed by atoms with E-state index in [0.29, 0.717) is 5.92 Å². The second-order valence-electron chi connectivity index (χ2n) is 9.29. The number of aromatic amines is 1. The molecule has 2 fully saturated rings. The van der Waals surface area contributed by atoms with Gasteiger partial charge in [0.25, 0.3) is 0 Å². The SMILES string of the molecule is CN=C(NCCCCN1CCC(Cc2ccccc2)CC1)N1CCC(c2ncn[nH]2)CC1. The van der Waals surface area contributed by atoms with Gasteiger partial charge in [0.2, 0.25) is 0 Å². The predicted molar refractivity (Wildman–Crippen MR) is 130 cm³/mol.